The highest BCUT2D eigenvalue weighted by Gasteiger charge is 2.39. The highest BCUT2D eigenvalue weighted by molar-refractivity contribution is 6.53. The number of anilines is 2. The molecule has 4 rings (SSSR count). The first-order chi connectivity index (χ1) is 18.0. The van der Waals surface area contributed by atoms with Crippen molar-refractivity contribution in [1.82, 2.24) is 0 Å². The summed E-state index contributed by atoms with van der Waals surface area (Å²) < 4.78 is 10.4. The Bertz CT molecular complexity index is 1470. The van der Waals surface area contributed by atoms with Gasteiger partial charge in [0.1, 0.15) is 16.5 Å². The molecule has 0 fully saturated rings. The third-order valence-corrected chi connectivity index (χ3v) is 6.10. The smallest absolute Gasteiger partial charge is 0.343 e. The molecule has 1 N–H and O–H groups in total. The van der Waals surface area contributed by atoms with Crippen molar-refractivity contribution in [3.05, 3.63) is 98.6 Å². The van der Waals surface area contributed by atoms with Gasteiger partial charge in [-0.25, -0.2) is 14.5 Å². The number of esters is 2. The number of carbonyl (C=O) groups excluding carboxylic acids is 4. The van der Waals surface area contributed by atoms with Crippen molar-refractivity contribution in [2.75, 3.05) is 10.2 Å². The SMILES string of the molecule is CC(C)OC(=O)c1ccc(N2C(=O)C(Cl)=C(Nc3ccc(C(=O)Oc4ccc(Cl)cc4Cl)cc3)C2=O)cc1. The summed E-state index contributed by atoms with van der Waals surface area (Å²) in [6.07, 6.45) is -0.290. The lowest BCUT2D eigenvalue weighted by atomic mass is 10.2. The number of halogens is 3. The van der Waals surface area contributed by atoms with Crippen molar-refractivity contribution in [2.24, 2.45) is 0 Å². The Morgan fingerprint density at radius 1 is 0.816 bits per heavy atom. The van der Waals surface area contributed by atoms with Gasteiger partial charge in [0.25, 0.3) is 11.8 Å². The first kappa shape index (κ1) is 27.2. The number of amides is 2. The van der Waals surface area contributed by atoms with Gasteiger partial charge in [0.15, 0.2) is 0 Å². The number of ether oxygens (including phenoxy) is 2. The van der Waals surface area contributed by atoms with E-state index in [0.29, 0.717) is 10.7 Å². The van der Waals surface area contributed by atoms with Crippen LogP contribution in [0.15, 0.2) is 77.5 Å². The number of carbonyl (C=O) groups is 4. The summed E-state index contributed by atoms with van der Waals surface area (Å²) in [7, 11) is 0. The Morgan fingerprint density at radius 3 is 2.03 bits per heavy atom. The lowest BCUT2D eigenvalue weighted by Gasteiger charge is -2.16. The maximum Gasteiger partial charge on any atom is 0.343 e. The predicted octanol–water partition coefficient (Wildman–Crippen LogP) is 6.21. The summed E-state index contributed by atoms with van der Waals surface area (Å²) >= 11 is 18.1. The van der Waals surface area contributed by atoms with Crippen LogP contribution >= 0.6 is 34.8 Å². The maximum absolute atomic E-state index is 13.0. The average Bonchev–Trinajstić information content (AvgIpc) is 3.08. The summed E-state index contributed by atoms with van der Waals surface area (Å²) in [5, 5.41) is 3.11. The predicted molar refractivity (Wildman–Crippen MR) is 144 cm³/mol. The number of rotatable bonds is 7. The largest absolute Gasteiger partial charge is 0.459 e. The van der Waals surface area contributed by atoms with Gasteiger partial charge in [-0.3, -0.25) is 9.59 Å². The third-order valence-electron chi connectivity index (χ3n) is 5.22. The Hall–Kier alpha value is -3.85. The molecule has 8 nitrogen and oxygen atoms in total. The van der Waals surface area contributed by atoms with Crippen LogP contribution in [0.3, 0.4) is 0 Å². The molecule has 0 bridgehead atoms. The zero-order chi connectivity index (χ0) is 27.6. The molecule has 0 saturated carbocycles. The average molecular weight is 574 g/mol. The van der Waals surface area contributed by atoms with E-state index in [1.807, 2.05) is 0 Å². The molecule has 0 spiro atoms. The van der Waals surface area contributed by atoms with Gasteiger partial charge < -0.3 is 14.8 Å². The van der Waals surface area contributed by atoms with Gasteiger partial charge in [0, 0.05) is 10.7 Å². The van der Waals surface area contributed by atoms with Crippen molar-refractivity contribution in [3.8, 4) is 5.75 Å². The first-order valence-corrected chi connectivity index (χ1v) is 12.3. The second-order valence-electron chi connectivity index (χ2n) is 8.30. The Kier molecular flexibility index (Phi) is 8.06. The second kappa shape index (κ2) is 11.3. The van der Waals surface area contributed by atoms with Crippen LogP contribution in [-0.2, 0) is 14.3 Å². The second-order valence-corrected chi connectivity index (χ2v) is 9.52. The molecule has 1 heterocycles. The molecule has 0 saturated heterocycles. The van der Waals surface area contributed by atoms with Crippen molar-refractivity contribution in [1.29, 1.82) is 0 Å². The van der Waals surface area contributed by atoms with Crippen LogP contribution in [0, 0.1) is 0 Å². The van der Waals surface area contributed by atoms with E-state index in [1.54, 1.807) is 19.9 Å². The van der Waals surface area contributed by atoms with Crippen LogP contribution in [0.1, 0.15) is 34.6 Å². The summed E-state index contributed by atoms with van der Waals surface area (Å²) in [6.45, 7) is 3.46. The molecule has 1 aliphatic heterocycles. The number of hydrogen-bond acceptors (Lipinski definition) is 7. The fraction of sp³-hybridized carbons (Fsp3) is 0.111. The van der Waals surface area contributed by atoms with Crippen molar-refractivity contribution in [2.45, 2.75) is 20.0 Å². The Labute approximate surface area is 232 Å². The lowest BCUT2D eigenvalue weighted by Crippen LogP contribution is -2.32. The summed E-state index contributed by atoms with van der Waals surface area (Å²) in [5.74, 6) is -2.43. The molecule has 194 valence electrons. The minimum Gasteiger partial charge on any atom is -0.459 e. The molecule has 0 aromatic heterocycles. The molecular weight excluding hydrogens is 555 g/mol. The molecule has 2 amide bonds. The molecule has 3 aromatic carbocycles. The first-order valence-electron chi connectivity index (χ1n) is 11.2. The van der Waals surface area contributed by atoms with Gasteiger partial charge in [-0.1, -0.05) is 34.8 Å². The van der Waals surface area contributed by atoms with Crippen molar-refractivity contribution < 1.29 is 28.7 Å². The van der Waals surface area contributed by atoms with Crippen LogP contribution in [0.25, 0.3) is 0 Å². The van der Waals surface area contributed by atoms with Crippen molar-refractivity contribution in [3.63, 3.8) is 0 Å². The van der Waals surface area contributed by atoms with Crippen LogP contribution in [-0.4, -0.2) is 29.9 Å². The Balaban J connectivity index is 1.45. The van der Waals surface area contributed by atoms with E-state index in [9.17, 15) is 19.2 Å². The quantitative estimate of drug-likeness (QED) is 0.204. The number of nitrogens with one attached hydrogen (secondary N) is 1. The van der Waals surface area contributed by atoms with E-state index in [0.717, 1.165) is 4.90 Å². The molecule has 0 unspecified atom stereocenters. The molecule has 3 aromatic rings. The standard InChI is InChI=1S/C27H19Cl3N2O6/c1-14(2)37-26(35)16-5-10-19(11-6-16)32-24(33)22(30)23(25(32)34)31-18-8-3-15(4-9-18)27(36)38-21-12-7-17(28)13-20(21)29/h3-14,31H,1-2H3. The molecule has 11 heteroatoms. The maximum atomic E-state index is 13.0. The van der Waals surface area contributed by atoms with Crippen LogP contribution in [0.2, 0.25) is 10.0 Å². The van der Waals surface area contributed by atoms with Gasteiger partial charge in [-0.15, -0.1) is 0 Å². The number of imide groups is 1. The highest BCUT2D eigenvalue weighted by Crippen LogP contribution is 2.31. The van der Waals surface area contributed by atoms with E-state index >= 15 is 0 Å². The minimum absolute atomic E-state index is 0.136. The summed E-state index contributed by atoms with van der Waals surface area (Å²) in [6, 6.07) is 16.3. The van der Waals surface area contributed by atoms with Crippen LogP contribution in [0.5, 0.6) is 5.75 Å². The van der Waals surface area contributed by atoms with Gasteiger partial charge in [0.2, 0.25) is 0 Å². The van der Waals surface area contributed by atoms with Gasteiger partial charge >= 0.3 is 11.9 Å². The van der Waals surface area contributed by atoms with E-state index < -0.39 is 23.8 Å². The summed E-state index contributed by atoms with van der Waals surface area (Å²) in [5.41, 5.74) is 0.983. The number of hydrogen-bond donors (Lipinski definition) is 1. The molecular formula is C27H19Cl3N2O6. The summed E-state index contributed by atoms with van der Waals surface area (Å²) in [4.78, 5) is 51.2. The normalized spacial score (nSPS) is 13.3. The molecule has 0 aliphatic carbocycles. The molecule has 38 heavy (non-hydrogen) atoms. The minimum atomic E-state index is -0.725. The van der Waals surface area contributed by atoms with E-state index in [2.05, 4.69) is 5.32 Å². The van der Waals surface area contributed by atoms with Gasteiger partial charge in [0.05, 0.1) is 27.9 Å². The molecule has 0 atom stereocenters. The van der Waals surface area contributed by atoms with Crippen molar-refractivity contribution >= 4 is 69.9 Å². The van der Waals surface area contributed by atoms with E-state index in [1.165, 1.54) is 60.7 Å². The zero-order valence-electron chi connectivity index (χ0n) is 20.0. The van der Waals surface area contributed by atoms with E-state index in [4.69, 9.17) is 44.3 Å². The fourth-order valence-electron chi connectivity index (χ4n) is 3.43. The number of benzene rings is 3. The fourth-order valence-corrected chi connectivity index (χ4v) is 4.08. The van der Waals surface area contributed by atoms with E-state index in [-0.39, 0.29) is 44.4 Å². The number of nitrogens with zero attached hydrogens (tertiary/aromatic N) is 1. The van der Waals surface area contributed by atoms with Gasteiger partial charge in [-0.2, -0.15) is 0 Å². The highest BCUT2D eigenvalue weighted by atomic mass is 35.5. The molecule has 0 radical (unpaired) electrons. The zero-order valence-corrected chi connectivity index (χ0v) is 22.2. The third kappa shape index (κ3) is 5.83. The monoisotopic (exact) mass is 572 g/mol. The molecule has 1 aliphatic rings. The van der Waals surface area contributed by atoms with Crippen LogP contribution in [0.4, 0.5) is 11.4 Å². The van der Waals surface area contributed by atoms with Crippen LogP contribution < -0.4 is 15.0 Å². The van der Waals surface area contributed by atoms with Gasteiger partial charge in [-0.05, 0) is 80.6 Å². The topological polar surface area (TPSA) is 102 Å². The Morgan fingerprint density at radius 2 is 1.42 bits per heavy atom. The lowest BCUT2D eigenvalue weighted by molar-refractivity contribution is -0.120.